The predicted octanol–water partition coefficient (Wildman–Crippen LogP) is 2.49. The standard InChI is InChI=1S/C14H26N2S/c1-2-17-14-7-3-5-12(14)15-11-8-10-16-9-4-6-13(11)16/h11-15H,2-10H2,1H3. The molecule has 17 heavy (non-hydrogen) atoms. The molecule has 0 aromatic carbocycles. The van der Waals surface area contributed by atoms with Gasteiger partial charge in [0.15, 0.2) is 0 Å². The van der Waals surface area contributed by atoms with Crippen molar-refractivity contribution in [3.05, 3.63) is 0 Å². The molecule has 0 spiro atoms. The van der Waals surface area contributed by atoms with Gasteiger partial charge >= 0.3 is 0 Å². The minimum atomic E-state index is 0.806. The van der Waals surface area contributed by atoms with E-state index in [0.717, 1.165) is 23.4 Å². The van der Waals surface area contributed by atoms with Crippen LogP contribution in [0.2, 0.25) is 0 Å². The molecule has 3 heteroatoms. The molecule has 98 valence electrons. The Hall–Kier alpha value is 0.270. The molecule has 4 atom stereocenters. The molecule has 2 saturated heterocycles. The lowest BCUT2D eigenvalue weighted by atomic mass is 10.0. The predicted molar refractivity (Wildman–Crippen MR) is 75.7 cm³/mol. The average molecular weight is 254 g/mol. The summed E-state index contributed by atoms with van der Waals surface area (Å²) in [7, 11) is 0. The maximum Gasteiger partial charge on any atom is 0.0250 e. The van der Waals surface area contributed by atoms with Crippen LogP contribution in [0.25, 0.3) is 0 Å². The Labute approximate surface area is 110 Å². The monoisotopic (exact) mass is 254 g/mol. The molecule has 1 aliphatic carbocycles. The summed E-state index contributed by atoms with van der Waals surface area (Å²) in [4.78, 5) is 2.72. The van der Waals surface area contributed by atoms with Crippen molar-refractivity contribution in [1.29, 1.82) is 0 Å². The van der Waals surface area contributed by atoms with E-state index >= 15 is 0 Å². The number of hydrogen-bond donors (Lipinski definition) is 1. The van der Waals surface area contributed by atoms with Gasteiger partial charge < -0.3 is 5.32 Å². The van der Waals surface area contributed by atoms with Crippen molar-refractivity contribution < 1.29 is 0 Å². The van der Waals surface area contributed by atoms with Gasteiger partial charge in [0.1, 0.15) is 0 Å². The second-order valence-electron chi connectivity index (χ2n) is 5.84. The van der Waals surface area contributed by atoms with Gasteiger partial charge in [-0.25, -0.2) is 0 Å². The first kappa shape index (κ1) is 12.3. The fourth-order valence-electron chi connectivity index (χ4n) is 4.08. The van der Waals surface area contributed by atoms with Gasteiger partial charge in [-0.1, -0.05) is 13.3 Å². The number of thioether (sulfide) groups is 1. The summed E-state index contributed by atoms with van der Waals surface area (Å²) in [5.74, 6) is 1.28. The van der Waals surface area contributed by atoms with Crippen molar-refractivity contribution in [2.24, 2.45) is 0 Å². The van der Waals surface area contributed by atoms with Crippen LogP contribution in [0.5, 0.6) is 0 Å². The highest BCUT2D eigenvalue weighted by atomic mass is 32.2. The fraction of sp³-hybridized carbons (Fsp3) is 1.00. The highest BCUT2D eigenvalue weighted by Gasteiger charge is 2.39. The number of nitrogens with one attached hydrogen (secondary N) is 1. The van der Waals surface area contributed by atoms with Gasteiger partial charge in [-0.2, -0.15) is 11.8 Å². The largest absolute Gasteiger partial charge is 0.309 e. The molecular formula is C14H26N2S. The lowest BCUT2D eigenvalue weighted by molar-refractivity contribution is 0.289. The van der Waals surface area contributed by atoms with Gasteiger partial charge in [0, 0.05) is 29.9 Å². The van der Waals surface area contributed by atoms with Crippen molar-refractivity contribution in [3.63, 3.8) is 0 Å². The van der Waals surface area contributed by atoms with Crippen LogP contribution in [0.1, 0.15) is 45.4 Å². The first-order chi connectivity index (χ1) is 8.38. The van der Waals surface area contributed by atoms with Crippen LogP contribution in [0.15, 0.2) is 0 Å². The van der Waals surface area contributed by atoms with Crippen molar-refractivity contribution in [2.75, 3.05) is 18.8 Å². The van der Waals surface area contributed by atoms with Crippen molar-refractivity contribution in [2.45, 2.75) is 68.8 Å². The van der Waals surface area contributed by atoms with Gasteiger partial charge in [0.05, 0.1) is 0 Å². The SMILES string of the molecule is CCSC1CCCC1NC1CCN2CCCC12. The molecule has 0 radical (unpaired) electrons. The summed E-state index contributed by atoms with van der Waals surface area (Å²) >= 11 is 2.18. The van der Waals surface area contributed by atoms with E-state index in [1.165, 1.54) is 57.4 Å². The Morgan fingerprint density at radius 1 is 1.06 bits per heavy atom. The molecule has 4 unspecified atom stereocenters. The normalized spacial score (nSPS) is 42.2. The Kier molecular flexibility index (Phi) is 3.98. The molecule has 0 aromatic rings. The molecule has 3 fully saturated rings. The van der Waals surface area contributed by atoms with Crippen LogP contribution in [-0.4, -0.2) is 47.1 Å². The topological polar surface area (TPSA) is 15.3 Å². The molecule has 2 aliphatic heterocycles. The maximum atomic E-state index is 4.02. The Morgan fingerprint density at radius 2 is 2.00 bits per heavy atom. The molecule has 0 amide bonds. The summed E-state index contributed by atoms with van der Waals surface area (Å²) in [6.45, 7) is 5.01. The molecule has 2 heterocycles. The minimum Gasteiger partial charge on any atom is -0.309 e. The van der Waals surface area contributed by atoms with Crippen LogP contribution in [0.3, 0.4) is 0 Å². The summed E-state index contributed by atoms with van der Waals surface area (Å²) in [6.07, 6.45) is 8.57. The second kappa shape index (κ2) is 5.50. The van der Waals surface area contributed by atoms with Gasteiger partial charge in [0.25, 0.3) is 0 Å². The van der Waals surface area contributed by atoms with E-state index in [2.05, 4.69) is 28.9 Å². The van der Waals surface area contributed by atoms with Crippen molar-refractivity contribution in [1.82, 2.24) is 10.2 Å². The molecular weight excluding hydrogens is 228 g/mol. The third-order valence-electron chi connectivity index (χ3n) is 4.87. The van der Waals surface area contributed by atoms with E-state index in [1.54, 1.807) is 0 Å². The van der Waals surface area contributed by atoms with E-state index in [-0.39, 0.29) is 0 Å². The first-order valence-corrected chi connectivity index (χ1v) is 8.55. The molecule has 0 bridgehead atoms. The molecule has 2 nitrogen and oxygen atoms in total. The molecule has 1 saturated carbocycles. The van der Waals surface area contributed by atoms with Crippen molar-refractivity contribution >= 4 is 11.8 Å². The van der Waals surface area contributed by atoms with E-state index in [1.807, 2.05) is 0 Å². The van der Waals surface area contributed by atoms with Gasteiger partial charge in [-0.05, 0) is 44.4 Å². The van der Waals surface area contributed by atoms with Gasteiger partial charge in [-0.3, -0.25) is 4.90 Å². The van der Waals surface area contributed by atoms with Crippen LogP contribution in [-0.2, 0) is 0 Å². The third kappa shape index (κ3) is 2.52. The zero-order chi connectivity index (χ0) is 11.7. The molecule has 1 N–H and O–H groups in total. The fourth-order valence-corrected chi connectivity index (χ4v) is 5.29. The van der Waals surface area contributed by atoms with Crippen molar-refractivity contribution in [3.8, 4) is 0 Å². The Bertz CT molecular complexity index is 259. The molecule has 3 aliphatic rings. The number of fused-ring (bicyclic) bond motifs is 1. The zero-order valence-corrected chi connectivity index (χ0v) is 11.8. The number of nitrogens with zero attached hydrogens (tertiary/aromatic N) is 1. The lowest BCUT2D eigenvalue weighted by Crippen LogP contribution is -2.46. The number of hydrogen-bond acceptors (Lipinski definition) is 3. The smallest absolute Gasteiger partial charge is 0.0250 e. The van der Waals surface area contributed by atoms with Crippen LogP contribution < -0.4 is 5.32 Å². The molecule has 3 rings (SSSR count). The zero-order valence-electron chi connectivity index (χ0n) is 11.0. The second-order valence-corrected chi connectivity index (χ2v) is 7.35. The van der Waals surface area contributed by atoms with Crippen LogP contribution in [0, 0.1) is 0 Å². The summed E-state index contributed by atoms with van der Waals surface area (Å²) < 4.78 is 0. The highest BCUT2D eigenvalue weighted by Crippen LogP contribution is 2.33. The van der Waals surface area contributed by atoms with Crippen LogP contribution in [0.4, 0.5) is 0 Å². The third-order valence-corrected chi connectivity index (χ3v) is 6.19. The maximum absolute atomic E-state index is 4.02. The number of rotatable bonds is 4. The molecule has 0 aromatic heterocycles. The van der Waals surface area contributed by atoms with Gasteiger partial charge in [-0.15, -0.1) is 0 Å². The lowest BCUT2D eigenvalue weighted by Gasteiger charge is -2.28. The van der Waals surface area contributed by atoms with E-state index in [0.29, 0.717) is 0 Å². The highest BCUT2D eigenvalue weighted by molar-refractivity contribution is 7.99. The Morgan fingerprint density at radius 3 is 2.88 bits per heavy atom. The van der Waals surface area contributed by atoms with Crippen LogP contribution >= 0.6 is 11.8 Å². The average Bonchev–Trinajstić information content (AvgIpc) is 2.99. The van der Waals surface area contributed by atoms with E-state index in [9.17, 15) is 0 Å². The first-order valence-electron chi connectivity index (χ1n) is 7.50. The van der Waals surface area contributed by atoms with E-state index < -0.39 is 0 Å². The summed E-state index contributed by atoms with van der Waals surface area (Å²) in [5, 5.41) is 4.92. The summed E-state index contributed by atoms with van der Waals surface area (Å²) in [5.41, 5.74) is 0. The quantitative estimate of drug-likeness (QED) is 0.830. The van der Waals surface area contributed by atoms with E-state index in [4.69, 9.17) is 0 Å². The Balaban J connectivity index is 1.55. The van der Waals surface area contributed by atoms with Gasteiger partial charge in [0.2, 0.25) is 0 Å². The summed E-state index contributed by atoms with van der Waals surface area (Å²) in [6, 6.07) is 2.49. The minimum absolute atomic E-state index is 0.806.